The van der Waals surface area contributed by atoms with E-state index in [2.05, 4.69) is 264 Å². The summed E-state index contributed by atoms with van der Waals surface area (Å²) in [6.07, 6.45) is 6.39. The van der Waals surface area contributed by atoms with Gasteiger partial charge < -0.3 is 38.6 Å². The van der Waals surface area contributed by atoms with E-state index < -0.39 is 16.8 Å². The molecule has 513 valence electrons. The molecule has 8 nitrogen and oxygen atoms in total. The summed E-state index contributed by atoms with van der Waals surface area (Å²) in [6, 6.07) is 99.7. The van der Waals surface area contributed by atoms with Gasteiger partial charge in [0.2, 0.25) is 0 Å². The van der Waals surface area contributed by atoms with E-state index in [0.717, 1.165) is 103 Å². The lowest BCUT2D eigenvalue weighted by molar-refractivity contribution is -0.0580. The lowest BCUT2D eigenvalue weighted by atomic mass is 9.69. The highest BCUT2D eigenvalue weighted by Crippen LogP contribution is 2.52. The predicted molar refractivity (Wildman–Crippen MR) is 403 cm³/mol. The number of hydrogen-bond acceptors (Lipinski definition) is 8. The third-order valence-corrected chi connectivity index (χ3v) is 19.2. The van der Waals surface area contributed by atoms with Crippen LogP contribution in [0.4, 0.5) is 0 Å². The largest absolute Gasteiger partial charge is 0.489 e. The van der Waals surface area contributed by atoms with Crippen LogP contribution >= 0.6 is 0 Å². The zero-order chi connectivity index (χ0) is 69.3. The van der Waals surface area contributed by atoms with Crippen LogP contribution in [-0.4, -0.2) is 29.0 Å². The van der Waals surface area contributed by atoms with Crippen LogP contribution in [0.3, 0.4) is 0 Å². The molecule has 0 aliphatic heterocycles. The lowest BCUT2D eigenvalue weighted by Crippen LogP contribution is -2.42. The minimum Gasteiger partial charge on any atom is -0.489 e. The zero-order valence-corrected chi connectivity index (χ0v) is 58.7. The second-order valence-corrected chi connectivity index (χ2v) is 27.1. The first-order valence-corrected chi connectivity index (χ1v) is 35.6. The second-order valence-electron chi connectivity index (χ2n) is 27.1. The normalized spacial score (nSPS) is 12.8. The highest BCUT2D eigenvalue weighted by atomic mass is 16.5. The molecule has 0 amide bonds. The number of benzene rings is 11. The standard InChI is InChI=1S/C92H97O8/c1-90(2,98-67-77-33-17-8-18-34-77)87-63-84(86(62-73-49-53-83(54-50-73)96-65-75-29-13-6-14-30-75)91(3,99-68-78-35-19-9-20-36-78)58-56-81-41-24-23-40-80(81)42-26-60-94)88(92(4,100-69-79-37-21-10-22-38-79)57-55-71-45-43-70(44-46-71)39-25-59-93)85(89(87)97-66-76-31-15-7-16-32-76)61-72-47-51-82(52-48-72)95-64-74-27-11-5-12-28-74/h5-24,27-38,40-41,43-54,63,93-94H,25-26,39,42,55-62,64-69H2,1-4H3. The molecular weight excluding hydrogens is 1230 g/mol. The van der Waals surface area contributed by atoms with Crippen molar-refractivity contribution in [3.8, 4) is 17.2 Å². The summed E-state index contributed by atoms with van der Waals surface area (Å²) in [6.45, 7) is 11.4. The van der Waals surface area contributed by atoms with Crippen molar-refractivity contribution in [2.24, 2.45) is 0 Å². The highest BCUT2D eigenvalue weighted by molar-refractivity contribution is 5.62. The summed E-state index contributed by atoms with van der Waals surface area (Å²) < 4.78 is 43.9. The molecule has 0 aromatic heterocycles. The minimum atomic E-state index is -1.05. The van der Waals surface area contributed by atoms with Gasteiger partial charge in [0.1, 0.15) is 37.1 Å². The van der Waals surface area contributed by atoms with Gasteiger partial charge in [-0.1, -0.05) is 255 Å². The van der Waals surface area contributed by atoms with Crippen LogP contribution in [0.25, 0.3) is 0 Å². The number of rotatable bonds is 38. The molecule has 0 spiro atoms. The van der Waals surface area contributed by atoms with Crippen molar-refractivity contribution in [1.82, 2.24) is 0 Å². The molecule has 11 rings (SSSR count). The zero-order valence-electron chi connectivity index (χ0n) is 58.7. The maximum absolute atomic E-state index is 10.2. The fraction of sp³-hybridized carbons (Fsp3) is 0.272. The van der Waals surface area contributed by atoms with E-state index in [1.54, 1.807) is 0 Å². The van der Waals surface area contributed by atoms with Crippen molar-refractivity contribution >= 4 is 0 Å². The van der Waals surface area contributed by atoms with Crippen LogP contribution in [-0.2, 0) is 104 Å². The molecule has 2 atom stereocenters. The van der Waals surface area contributed by atoms with Crippen molar-refractivity contribution in [2.45, 2.75) is 148 Å². The third-order valence-electron chi connectivity index (χ3n) is 19.2. The van der Waals surface area contributed by atoms with Crippen molar-refractivity contribution in [1.29, 1.82) is 0 Å². The van der Waals surface area contributed by atoms with Crippen molar-refractivity contribution in [2.75, 3.05) is 13.2 Å². The van der Waals surface area contributed by atoms with Gasteiger partial charge >= 0.3 is 0 Å². The fourth-order valence-electron chi connectivity index (χ4n) is 13.3. The van der Waals surface area contributed by atoms with E-state index in [1.807, 2.05) is 48.5 Å². The molecule has 100 heavy (non-hydrogen) atoms. The monoisotopic (exact) mass is 1330 g/mol. The Bertz CT molecular complexity index is 4190. The van der Waals surface area contributed by atoms with E-state index in [-0.39, 0.29) is 19.8 Å². The van der Waals surface area contributed by atoms with E-state index in [1.165, 1.54) is 22.3 Å². The molecule has 0 saturated carbocycles. The number of aryl methyl sites for hydroxylation is 4. The molecule has 0 fully saturated rings. The molecule has 0 saturated heterocycles. The van der Waals surface area contributed by atoms with Gasteiger partial charge in [0, 0.05) is 36.7 Å². The molecule has 11 aromatic carbocycles. The molecule has 2 unspecified atom stereocenters. The van der Waals surface area contributed by atoms with Gasteiger partial charge in [-0.05, 0) is 194 Å². The quantitative estimate of drug-likeness (QED) is 0.0395. The summed E-state index contributed by atoms with van der Waals surface area (Å²) in [5, 5.41) is 20.1. The van der Waals surface area contributed by atoms with Gasteiger partial charge in [-0.2, -0.15) is 0 Å². The summed E-state index contributed by atoms with van der Waals surface area (Å²) in [5.41, 5.74) is 14.2. The number of ether oxygens (including phenoxy) is 6. The van der Waals surface area contributed by atoms with E-state index in [0.29, 0.717) is 84.4 Å². The number of aliphatic hydroxyl groups excluding tert-OH is 2. The Morgan fingerprint density at radius 3 is 1.21 bits per heavy atom. The lowest BCUT2D eigenvalue weighted by Gasteiger charge is -2.44. The Labute approximate surface area is 594 Å². The van der Waals surface area contributed by atoms with Crippen molar-refractivity contribution < 1.29 is 38.6 Å². The Kier molecular flexibility index (Phi) is 26.0. The van der Waals surface area contributed by atoms with Gasteiger partial charge in [-0.25, -0.2) is 0 Å². The fourth-order valence-corrected chi connectivity index (χ4v) is 13.3. The first-order valence-electron chi connectivity index (χ1n) is 35.6. The molecule has 0 aliphatic carbocycles. The first-order chi connectivity index (χ1) is 48.9. The van der Waals surface area contributed by atoms with Crippen LogP contribution in [0.15, 0.2) is 285 Å². The Balaban J connectivity index is 1.19. The maximum Gasteiger partial charge on any atom is 0.129 e. The van der Waals surface area contributed by atoms with Gasteiger partial charge in [-0.15, -0.1) is 0 Å². The van der Waals surface area contributed by atoms with E-state index in [4.69, 9.17) is 28.4 Å². The minimum absolute atomic E-state index is 0.109. The number of aliphatic hydroxyl groups is 2. The molecule has 0 aliphatic rings. The summed E-state index contributed by atoms with van der Waals surface area (Å²) in [7, 11) is 0. The van der Waals surface area contributed by atoms with Crippen LogP contribution in [0.1, 0.15) is 142 Å². The van der Waals surface area contributed by atoms with Crippen molar-refractivity contribution in [3.63, 3.8) is 0 Å². The second kappa shape index (κ2) is 36.1. The summed E-state index contributed by atoms with van der Waals surface area (Å²) in [5.74, 6) is 3.36. The topological polar surface area (TPSA) is 95.8 Å². The van der Waals surface area contributed by atoms with Crippen LogP contribution in [0.2, 0.25) is 0 Å². The van der Waals surface area contributed by atoms with Crippen molar-refractivity contribution in [3.05, 3.63) is 380 Å². The molecule has 0 bridgehead atoms. The summed E-state index contributed by atoms with van der Waals surface area (Å²) >= 11 is 0. The SMILES string of the molecule is CC(CCc1ccccc1CCCO)(OCc1ccccc1)[C](Cc1ccc(OCc2ccccc2)cc1)c1cc(C(C)(C)OCc2ccccc2)c(OCc2ccccc2)c(Cc2ccc(OCc3ccccc3)cc2)c1C(C)(CCc1ccc(CCCO)cc1)OCc1ccccc1. The van der Waals surface area contributed by atoms with Gasteiger partial charge in [-0.3, -0.25) is 0 Å². The van der Waals surface area contributed by atoms with E-state index >= 15 is 0 Å². The maximum atomic E-state index is 10.2. The van der Waals surface area contributed by atoms with Gasteiger partial charge in [0.15, 0.2) is 0 Å². The van der Waals surface area contributed by atoms with Gasteiger partial charge in [0.25, 0.3) is 0 Å². The average molecular weight is 1330 g/mol. The Morgan fingerprint density at radius 1 is 0.340 bits per heavy atom. The molecular formula is C92H97O8. The number of hydrogen-bond donors (Lipinski definition) is 2. The highest BCUT2D eigenvalue weighted by Gasteiger charge is 2.45. The van der Waals surface area contributed by atoms with E-state index in [9.17, 15) is 10.2 Å². The van der Waals surface area contributed by atoms with Gasteiger partial charge in [0.05, 0.1) is 36.6 Å². The smallest absolute Gasteiger partial charge is 0.129 e. The molecule has 0 heterocycles. The van der Waals surface area contributed by atoms with Crippen LogP contribution in [0, 0.1) is 5.92 Å². The van der Waals surface area contributed by atoms with Crippen LogP contribution < -0.4 is 14.2 Å². The Hall–Kier alpha value is -9.38. The summed E-state index contributed by atoms with van der Waals surface area (Å²) in [4.78, 5) is 0. The predicted octanol–water partition coefficient (Wildman–Crippen LogP) is 20.2. The first kappa shape index (κ1) is 71.9. The molecule has 1 radical (unpaired) electrons. The average Bonchev–Trinajstić information content (AvgIpc) is 0.727. The van der Waals surface area contributed by atoms with Crippen LogP contribution in [0.5, 0.6) is 17.2 Å². The third kappa shape index (κ3) is 20.4. The Morgan fingerprint density at radius 2 is 0.730 bits per heavy atom. The molecule has 8 heteroatoms. The molecule has 11 aromatic rings. The molecule has 2 N–H and O–H groups in total.